The molecule has 0 aromatic rings. The van der Waals surface area contributed by atoms with Crippen LogP contribution in [0.2, 0.25) is 0 Å². The van der Waals surface area contributed by atoms with Crippen molar-refractivity contribution < 1.29 is 0 Å². The van der Waals surface area contributed by atoms with E-state index in [-0.39, 0.29) is 5.54 Å². The summed E-state index contributed by atoms with van der Waals surface area (Å²) in [6.45, 7) is 9.84. The van der Waals surface area contributed by atoms with E-state index >= 15 is 0 Å². The van der Waals surface area contributed by atoms with E-state index in [9.17, 15) is 0 Å². The van der Waals surface area contributed by atoms with E-state index in [1.54, 1.807) is 6.21 Å². The maximum Gasteiger partial charge on any atom is 0.152 e. The van der Waals surface area contributed by atoms with Gasteiger partial charge in [-0.1, -0.05) is 61.4 Å². The molecule has 19 heavy (non-hydrogen) atoms. The van der Waals surface area contributed by atoms with Crippen LogP contribution in [0.5, 0.6) is 0 Å². The Morgan fingerprint density at radius 1 is 0.947 bits per heavy atom. The summed E-state index contributed by atoms with van der Waals surface area (Å²) in [6, 6.07) is 0. The number of unbranched alkanes of at least 4 members (excludes halogenated alkanes) is 6. The lowest BCUT2D eigenvalue weighted by Crippen LogP contribution is -2.19. The standard InChI is InChI=1S/C16H29Cl2N/c1-5-6-7-8-9-10-11-12-13-16(17,18)14-19-15(2,3)4/h5,14H,1,6-13H2,2-4H3. The quantitative estimate of drug-likeness (QED) is 0.193. The molecule has 112 valence electrons. The third-order valence-electron chi connectivity index (χ3n) is 2.81. The van der Waals surface area contributed by atoms with E-state index in [1.165, 1.54) is 32.1 Å². The van der Waals surface area contributed by atoms with Crippen LogP contribution in [0.25, 0.3) is 0 Å². The lowest BCUT2D eigenvalue weighted by Gasteiger charge is -2.17. The Bertz CT molecular complexity index is 264. The second kappa shape index (κ2) is 9.83. The number of aliphatic imine (C=N–C) groups is 1. The lowest BCUT2D eigenvalue weighted by atomic mass is 10.1. The molecule has 0 saturated heterocycles. The van der Waals surface area contributed by atoms with Crippen molar-refractivity contribution >= 4 is 29.4 Å². The van der Waals surface area contributed by atoms with E-state index in [0.29, 0.717) is 0 Å². The maximum atomic E-state index is 6.23. The molecule has 0 fully saturated rings. The average Bonchev–Trinajstić information content (AvgIpc) is 2.29. The molecule has 0 aliphatic carbocycles. The Hall–Kier alpha value is -0.0100. The van der Waals surface area contributed by atoms with Gasteiger partial charge in [0.2, 0.25) is 0 Å². The largest absolute Gasteiger partial charge is 0.289 e. The minimum absolute atomic E-state index is 0.111. The molecular formula is C16H29Cl2N. The van der Waals surface area contributed by atoms with Gasteiger partial charge in [-0.15, -0.1) is 6.58 Å². The number of nitrogens with zero attached hydrogens (tertiary/aromatic N) is 1. The Labute approximate surface area is 129 Å². The highest BCUT2D eigenvalue weighted by atomic mass is 35.5. The van der Waals surface area contributed by atoms with Gasteiger partial charge in [0.15, 0.2) is 4.33 Å². The monoisotopic (exact) mass is 305 g/mol. The van der Waals surface area contributed by atoms with Gasteiger partial charge >= 0.3 is 0 Å². The summed E-state index contributed by atoms with van der Waals surface area (Å²) in [5.74, 6) is 0. The first-order valence-electron chi connectivity index (χ1n) is 7.32. The third kappa shape index (κ3) is 14.2. The zero-order valence-corrected chi connectivity index (χ0v) is 14.2. The van der Waals surface area contributed by atoms with Gasteiger partial charge in [0.1, 0.15) is 0 Å². The van der Waals surface area contributed by atoms with Crippen LogP contribution < -0.4 is 0 Å². The average molecular weight is 306 g/mol. The van der Waals surface area contributed by atoms with Crippen LogP contribution in [0.15, 0.2) is 17.6 Å². The number of alkyl halides is 2. The predicted octanol–water partition coefficient (Wildman–Crippen LogP) is 6.34. The van der Waals surface area contributed by atoms with Crippen molar-refractivity contribution in [1.82, 2.24) is 0 Å². The number of allylic oxidation sites excluding steroid dienone is 1. The van der Waals surface area contributed by atoms with Crippen molar-refractivity contribution in [3.63, 3.8) is 0 Å². The highest BCUT2D eigenvalue weighted by Gasteiger charge is 2.21. The van der Waals surface area contributed by atoms with Gasteiger partial charge in [-0.05, 0) is 40.0 Å². The van der Waals surface area contributed by atoms with Gasteiger partial charge in [0.05, 0.1) is 5.54 Å². The Kier molecular flexibility index (Phi) is 9.82. The van der Waals surface area contributed by atoms with Crippen LogP contribution in [0, 0.1) is 0 Å². The van der Waals surface area contributed by atoms with E-state index < -0.39 is 4.33 Å². The molecule has 0 bridgehead atoms. The summed E-state index contributed by atoms with van der Waals surface area (Å²) in [5, 5.41) is 0. The first-order valence-corrected chi connectivity index (χ1v) is 8.07. The van der Waals surface area contributed by atoms with Crippen molar-refractivity contribution in [3.8, 4) is 0 Å². The molecule has 0 rings (SSSR count). The summed E-state index contributed by atoms with van der Waals surface area (Å²) < 4.78 is -0.809. The van der Waals surface area contributed by atoms with E-state index in [0.717, 1.165) is 19.3 Å². The summed E-state index contributed by atoms with van der Waals surface area (Å²) in [4.78, 5) is 4.38. The van der Waals surface area contributed by atoms with Crippen molar-refractivity contribution in [2.24, 2.45) is 4.99 Å². The van der Waals surface area contributed by atoms with Crippen molar-refractivity contribution in [2.45, 2.75) is 82.0 Å². The summed E-state index contributed by atoms with van der Waals surface area (Å²) >= 11 is 12.5. The second-order valence-corrected chi connectivity index (χ2v) is 7.68. The van der Waals surface area contributed by atoms with Crippen molar-refractivity contribution in [2.75, 3.05) is 0 Å². The van der Waals surface area contributed by atoms with Gasteiger partial charge in [0.25, 0.3) is 0 Å². The van der Waals surface area contributed by atoms with Gasteiger partial charge in [-0.25, -0.2) is 0 Å². The zero-order chi connectivity index (χ0) is 14.8. The fourth-order valence-electron chi connectivity index (χ4n) is 1.71. The van der Waals surface area contributed by atoms with E-state index in [1.807, 2.05) is 26.8 Å². The molecule has 0 N–H and O–H groups in total. The molecule has 0 aromatic heterocycles. The fourth-order valence-corrected chi connectivity index (χ4v) is 2.07. The molecule has 0 aliphatic rings. The summed E-state index contributed by atoms with van der Waals surface area (Å²) in [6.07, 6.45) is 13.0. The van der Waals surface area contributed by atoms with Gasteiger partial charge in [0, 0.05) is 6.21 Å². The van der Waals surface area contributed by atoms with Crippen LogP contribution in [0.4, 0.5) is 0 Å². The number of rotatable bonds is 10. The maximum absolute atomic E-state index is 6.23. The molecule has 0 atom stereocenters. The molecule has 0 saturated carbocycles. The molecule has 0 radical (unpaired) electrons. The van der Waals surface area contributed by atoms with Crippen LogP contribution in [-0.2, 0) is 0 Å². The second-order valence-electron chi connectivity index (χ2n) is 6.14. The molecule has 3 heteroatoms. The van der Waals surface area contributed by atoms with Crippen LogP contribution in [0.1, 0.15) is 72.1 Å². The fraction of sp³-hybridized carbons (Fsp3) is 0.812. The molecule has 1 nitrogen and oxygen atoms in total. The molecule has 0 aromatic carbocycles. The predicted molar refractivity (Wildman–Crippen MR) is 89.8 cm³/mol. The summed E-state index contributed by atoms with van der Waals surface area (Å²) in [5.41, 5.74) is -0.111. The third-order valence-corrected chi connectivity index (χ3v) is 3.38. The number of halogens is 2. The first kappa shape index (κ1) is 19.0. The molecule has 0 amide bonds. The van der Waals surface area contributed by atoms with E-state index in [2.05, 4.69) is 11.6 Å². The lowest BCUT2D eigenvalue weighted by molar-refractivity contribution is 0.572. The van der Waals surface area contributed by atoms with Gasteiger partial charge < -0.3 is 0 Å². The number of hydrogen-bond donors (Lipinski definition) is 0. The van der Waals surface area contributed by atoms with Gasteiger partial charge in [-0.3, -0.25) is 4.99 Å². The van der Waals surface area contributed by atoms with Crippen LogP contribution >= 0.6 is 23.2 Å². The SMILES string of the molecule is C=CCCCCCCCCC(Cl)(Cl)C=NC(C)(C)C. The van der Waals surface area contributed by atoms with Crippen molar-refractivity contribution in [3.05, 3.63) is 12.7 Å². The molecule has 0 aliphatic heterocycles. The smallest absolute Gasteiger partial charge is 0.152 e. The molecular weight excluding hydrogens is 277 g/mol. The Balaban J connectivity index is 3.64. The minimum atomic E-state index is -0.809. The first-order chi connectivity index (χ1) is 8.77. The molecule has 0 unspecified atom stereocenters. The Morgan fingerprint density at radius 3 is 2.00 bits per heavy atom. The van der Waals surface area contributed by atoms with Crippen LogP contribution in [-0.4, -0.2) is 16.1 Å². The van der Waals surface area contributed by atoms with E-state index in [4.69, 9.17) is 23.2 Å². The highest BCUT2D eigenvalue weighted by molar-refractivity contribution is 6.56. The van der Waals surface area contributed by atoms with Crippen LogP contribution in [0.3, 0.4) is 0 Å². The highest BCUT2D eigenvalue weighted by Crippen LogP contribution is 2.27. The normalized spacial score (nSPS) is 13.1. The Morgan fingerprint density at radius 2 is 1.47 bits per heavy atom. The van der Waals surface area contributed by atoms with Crippen molar-refractivity contribution in [1.29, 1.82) is 0 Å². The minimum Gasteiger partial charge on any atom is -0.289 e. The summed E-state index contributed by atoms with van der Waals surface area (Å²) in [7, 11) is 0. The van der Waals surface area contributed by atoms with Gasteiger partial charge in [-0.2, -0.15) is 0 Å². The topological polar surface area (TPSA) is 12.4 Å². The zero-order valence-electron chi connectivity index (χ0n) is 12.7. The molecule has 0 spiro atoms. The molecule has 0 heterocycles. The number of hydrogen-bond acceptors (Lipinski definition) is 1.